The van der Waals surface area contributed by atoms with Crippen LogP contribution in [0, 0.1) is 0 Å². The van der Waals surface area contributed by atoms with Gasteiger partial charge in [-0.05, 0) is 31.0 Å². The van der Waals surface area contributed by atoms with Crippen LogP contribution >= 0.6 is 35.0 Å². The number of benzene rings is 1. The number of rotatable bonds is 4. The van der Waals surface area contributed by atoms with Gasteiger partial charge in [-0.15, -0.1) is 11.8 Å². The van der Waals surface area contributed by atoms with Crippen LogP contribution < -0.4 is 10.6 Å². The maximum Gasteiger partial charge on any atom is 0.238 e. The van der Waals surface area contributed by atoms with E-state index in [0.717, 1.165) is 17.2 Å². The molecule has 1 aromatic rings. The summed E-state index contributed by atoms with van der Waals surface area (Å²) < 4.78 is 0. The minimum atomic E-state index is -0.0758. The molecule has 1 amide bonds. The van der Waals surface area contributed by atoms with Crippen LogP contribution in [0.2, 0.25) is 10.0 Å². The lowest BCUT2D eigenvalue weighted by molar-refractivity contribution is -0.123. The summed E-state index contributed by atoms with van der Waals surface area (Å²) in [5.41, 5.74) is 0.993. The highest BCUT2D eigenvalue weighted by Crippen LogP contribution is 2.22. The molecule has 2 N–H and O–H groups in total. The Morgan fingerprint density at radius 3 is 3.00 bits per heavy atom. The normalized spacial score (nSPS) is 20.3. The fourth-order valence-corrected chi connectivity index (χ4v) is 3.40. The van der Waals surface area contributed by atoms with Crippen molar-refractivity contribution in [2.24, 2.45) is 0 Å². The third kappa shape index (κ3) is 4.28. The lowest BCUT2D eigenvalue weighted by atomic mass is 10.1. The van der Waals surface area contributed by atoms with Gasteiger partial charge in [-0.2, -0.15) is 0 Å². The highest BCUT2D eigenvalue weighted by molar-refractivity contribution is 7.99. The molecule has 0 aliphatic carbocycles. The number of halogens is 2. The molecular weight excluding hydrogens is 303 g/mol. The predicted molar refractivity (Wildman–Crippen MR) is 82.0 cm³/mol. The first-order chi connectivity index (χ1) is 9.06. The van der Waals surface area contributed by atoms with Crippen molar-refractivity contribution >= 4 is 40.9 Å². The highest BCUT2D eigenvalue weighted by Gasteiger charge is 2.23. The van der Waals surface area contributed by atoms with Gasteiger partial charge in [0.15, 0.2) is 0 Å². The average Bonchev–Trinajstić information content (AvgIpc) is 2.86. The molecule has 0 saturated carbocycles. The molecule has 2 atom stereocenters. The van der Waals surface area contributed by atoms with E-state index in [2.05, 4.69) is 10.6 Å². The van der Waals surface area contributed by atoms with E-state index in [1.54, 1.807) is 17.8 Å². The number of carbonyl (C=O) groups is 1. The summed E-state index contributed by atoms with van der Waals surface area (Å²) in [6.45, 7) is 1.98. The van der Waals surface area contributed by atoms with Gasteiger partial charge in [0.05, 0.1) is 6.04 Å². The van der Waals surface area contributed by atoms with Crippen molar-refractivity contribution in [2.75, 3.05) is 11.6 Å². The zero-order valence-electron chi connectivity index (χ0n) is 10.6. The van der Waals surface area contributed by atoms with Gasteiger partial charge in [-0.1, -0.05) is 29.3 Å². The van der Waals surface area contributed by atoms with E-state index >= 15 is 0 Å². The summed E-state index contributed by atoms with van der Waals surface area (Å²) >= 11 is 13.7. The molecule has 1 saturated heterocycles. The van der Waals surface area contributed by atoms with Crippen LogP contribution in [0.1, 0.15) is 12.5 Å². The molecule has 3 nitrogen and oxygen atoms in total. The number of hydrogen-bond acceptors (Lipinski definition) is 3. The maximum absolute atomic E-state index is 11.9. The van der Waals surface area contributed by atoms with E-state index in [1.165, 1.54) is 0 Å². The molecule has 0 spiro atoms. The minimum Gasteiger partial charge on any atom is -0.352 e. The number of thioether (sulfide) groups is 1. The largest absolute Gasteiger partial charge is 0.352 e. The second-order valence-corrected chi connectivity index (χ2v) is 6.50. The van der Waals surface area contributed by atoms with Crippen molar-refractivity contribution in [3.05, 3.63) is 33.8 Å². The quantitative estimate of drug-likeness (QED) is 0.896. The number of nitrogens with one attached hydrogen (secondary N) is 2. The standard InChI is InChI=1S/C13H16Cl2N2OS/c1-8(17-13(18)12-6-19-7-16-12)4-9-2-3-10(14)5-11(9)15/h2-3,5,8,12,16H,4,6-7H2,1H3,(H,17,18). The zero-order valence-corrected chi connectivity index (χ0v) is 12.9. The number of carbonyl (C=O) groups excluding carboxylic acids is 1. The SMILES string of the molecule is CC(Cc1ccc(Cl)cc1Cl)NC(=O)C1CSCN1. The van der Waals surface area contributed by atoms with Crippen molar-refractivity contribution in [1.29, 1.82) is 0 Å². The lowest BCUT2D eigenvalue weighted by Gasteiger charge is -2.17. The summed E-state index contributed by atoms with van der Waals surface area (Å²) in [6, 6.07) is 5.40. The number of hydrogen-bond donors (Lipinski definition) is 2. The van der Waals surface area contributed by atoms with Gasteiger partial charge in [-0.25, -0.2) is 0 Å². The summed E-state index contributed by atoms with van der Waals surface area (Å²) in [7, 11) is 0. The van der Waals surface area contributed by atoms with Gasteiger partial charge in [-0.3, -0.25) is 10.1 Å². The molecule has 6 heteroatoms. The maximum atomic E-state index is 11.9. The molecule has 0 radical (unpaired) electrons. The molecular formula is C13H16Cl2N2OS. The molecule has 1 aliphatic rings. The first-order valence-electron chi connectivity index (χ1n) is 6.11. The smallest absolute Gasteiger partial charge is 0.238 e. The first kappa shape index (κ1) is 15.0. The Labute approximate surface area is 127 Å². The second-order valence-electron chi connectivity index (χ2n) is 4.62. The molecule has 1 aromatic carbocycles. The monoisotopic (exact) mass is 318 g/mol. The summed E-state index contributed by atoms with van der Waals surface area (Å²) in [6.07, 6.45) is 0.696. The Morgan fingerprint density at radius 2 is 2.37 bits per heavy atom. The zero-order chi connectivity index (χ0) is 13.8. The van der Waals surface area contributed by atoms with Crippen LogP contribution in [0.25, 0.3) is 0 Å². The molecule has 0 aromatic heterocycles. The topological polar surface area (TPSA) is 41.1 Å². The first-order valence-corrected chi connectivity index (χ1v) is 8.03. The van der Waals surface area contributed by atoms with Crippen molar-refractivity contribution in [2.45, 2.75) is 25.4 Å². The van der Waals surface area contributed by atoms with Crippen molar-refractivity contribution < 1.29 is 4.79 Å². The van der Waals surface area contributed by atoms with Crippen LogP contribution in [0.3, 0.4) is 0 Å². The molecule has 2 unspecified atom stereocenters. The van der Waals surface area contributed by atoms with E-state index < -0.39 is 0 Å². The molecule has 104 valence electrons. The minimum absolute atomic E-state index is 0.0403. The summed E-state index contributed by atoms with van der Waals surface area (Å²) in [5.74, 6) is 1.73. The summed E-state index contributed by atoms with van der Waals surface area (Å²) in [4.78, 5) is 11.9. The van der Waals surface area contributed by atoms with E-state index in [0.29, 0.717) is 16.5 Å². The Hall–Kier alpha value is -0.420. The van der Waals surface area contributed by atoms with Gasteiger partial charge in [0.1, 0.15) is 0 Å². The van der Waals surface area contributed by atoms with Crippen LogP contribution in [-0.4, -0.2) is 29.6 Å². The van der Waals surface area contributed by atoms with Crippen LogP contribution in [0.15, 0.2) is 18.2 Å². The van der Waals surface area contributed by atoms with E-state index in [9.17, 15) is 4.79 Å². The molecule has 19 heavy (non-hydrogen) atoms. The fourth-order valence-electron chi connectivity index (χ4n) is 1.98. The van der Waals surface area contributed by atoms with E-state index in [1.807, 2.05) is 19.1 Å². The highest BCUT2D eigenvalue weighted by atomic mass is 35.5. The van der Waals surface area contributed by atoms with Gasteiger partial charge >= 0.3 is 0 Å². The summed E-state index contributed by atoms with van der Waals surface area (Å²) in [5, 5.41) is 7.42. The van der Waals surface area contributed by atoms with Crippen LogP contribution in [0.5, 0.6) is 0 Å². The Kier molecular flexibility index (Phi) is 5.39. The van der Waals surface area contributed by atoms with Crippen LogP contribution in [0.4, 0.5) is 0 Å². The predicted octanol–water partition coefficient (Wildman–Crippen LogP) is 2.70. The van der Waals surface area contributed by atoms with Gasteiger partial charge in [0, 0.05) is 27.7 Å². The Bertz CT molecular complexity index is 464. The molecule has 2 rings (SSSR count). The molecule has 1 heterocycles. The molecule has 1 aliphatic heterocycles. The lowest BCUT2D eigenvalue weighted by Crippen LogP contribution is -2.46. The third-order valence-corrected chi connectivity index (χ3v) is 4.49. The third-order valence-electron chi connectivity index (χ3n) is 2.96. The Morgan fingerprint density at radius 1 is 1.58 bits per heavy atom. The Balaban J connectivity index is 1.89. The van der Waals surface area contributed by atoms with Crippen molar-refractivity contribution in [3.8, 4) is 0 Å². The number of amides is 1. The van der Waals surface area contributed by atoms with E-state index in [4.69, 9.17) is 23.2 Å². The fraction of sp³-hybridized carbons (Fsp3) is 0.462. The van der Waals surface area contributed by atoms with Gasteiger partial charge in [0.25, 0.3) is 0 Å². The van der Waals surface area contributed by atoms with E-state index in [-0.39, 0.29) is 18.0 Å². The van der Waals surface area contributed by atoms with Gasteiger partial charge in [0.2, 0.25) is 5.91 Å². The van der Waals surface area contributed by atoms with Crippen LogP contribution in [-0.2, 0) is 11.2 Å². The molecule has 0 bridgehead atoms. The average molecular weight is 319 g/mol. The molecule has 1 fully saturated rings. The van der Waals surface area contributed by atoms with Crippen molar-refractivity contribution in [1.82, 2.24) is 10.6 Å². The second kappa shape index (κ2) is 6.84. The van der Waals surface area contributed by atoms with Gasteiger partial charge < -0.3 is 5.32 Å². The van der Waals surface area contributed by atoms with Crippen molar-refractivity contribution in [3.63, 3.8) is 0 Å².